The molecule has 0 saturated heterocycles. The zero-order chi connectivity index (χ0) is 22.1. The van der Waals surface area contributed by atoms with E-state index in [9.17, 15) is 28.1 Å². The molecule has 11 heteroatoms. The largest absolute Gasteiger partial charge is 0.438 e. The Bertz CT molecular complexity index is 1130. The van der Waals surface area contributed by atoms with E-state index in [1.54, 1.807) is 13.8 Å². The number of nitro groups is 1. The monoisotopic (exact) mass is 420 g/mol. The number of non-ortho nitro benzene ring substituents is 1. The van der Waals surface area contributed by atoms with Crippen molar-refractivity contribution in [3.63, 3.8) is 0 Å². The number of hydrogen-bond donors (Lipinski definition) is 1. The summed E-state index contributed by atoms with van der Waals surface area (Å²) in [6.07, 6.45) is -4.52. The highest BCUT2D eigenvalue weighted by Gasteiger charge is 2.30. The molecule has 0 unspecified atom stereocenters. The summed E-state index contributed by atoms with van der Waals surface area (Å²) >= 11 is 0. The van der Waals surface area contributed by atoms with Gasteiger partial charge in [-0.05, 0) is 43.7 Å². The summed E-state index contributed by atoms with van der Waals surface area (Å²) in [4.78, 5) is 22.8. The Balaban J connectivity index is 1.78. The highest BCUT2D eigenvalue weighted by atomic mass is 19.4. The number of benzene rings is 2. The van der Waals surface area contributed by atoms with Gasteiger partial charge in [0.2, 0.25) is 5.88 Å². The molecule has 2 aromatic carbocycles. The zero-order valence-electron chi connectivity index (χ0n) is 15.7. The molecule has 0 spiro atoms. The van der Waals surface area contributed by atoms with Gasteiger partial charge in [-0.25, -0.2) is 4.79 Å². The van der Waals surface area contributed by atoms with Gasteiger partial charge in [-0.3, -0.25) is 10.1 Å². The molecule has 0 radical (unpaired) electrons. The van der Waals surface area contributed by atoms with Crippen LogP contribution in [-0.4, -0.2) is 20.7 Å². The van der Waals surface area contributed by atoms with Crippen molar-refractivity contribution in [2.75, 3.05) is 5.32 Å². The quantitative estimate of drug-likeness (QED) is 0.456. The maximum absolute atomic E-state index is 12.8. The maximum Gasteiger partial charge on any atom is 0.416 e. The molecule has 1 aromatic heterocycles. The lowest BCUT2D eigenvalue weighted by Gasteiger charge is -2.09. The fourth-order valence-corrected chi connectivity index (χ4v) is 2.63. The van der Waals surface area contributed by atoms with E-state index in [1.807, 2.05) is 0 Å². The number of carbonyl (C=O) groups is 1. The van der Waals surface area contributed by atoms with Gasteiger partial charge < -0.3 is 10.1 Å². The van der Waals surface area contributed by atoms with E-state index in [0.717, 1.165) is 16.8 Å². The number of aryl methyl sites for hydroxylation is 2. The van der Waals surface area contributed by atoms with Crippen molar-refractivity contribution in [3.05, 3.63) is 75.5 Å². The number of alkyl halides is 3. The second kappa shape index (κ2) is 7.85. The molecule has 0 fully saturated rings. The number of nitrogens with one attached hydrogen (secondary N) is 1. The zero-order valence-corrected chi connectivity index (χ0v) is 15.7. The van der Waals surface area contributed by atoms with Crippen LogP contribution < -0.4 is 10.1 Å². The van der Waals surface area contributed by atoms with E-state index >= 15 is 0 Å². The molecule has 156 valence electrons. The van der Waals surface area contributed by atoms with E-state index in [0.29, 0.717) is 16.9 Å². The fraction of sp³-hybridized carbons (Fsp3) is 0.158. The summed E-state index contributed by atoms with van der Waals surface area (Å²) in [5.74, 6) is -0.150. The number of hydrogen-bond acceptors (Lipinski definition) is 5. The average Bonchev–Trinajstić information content (AvgIpc) is 3.03. The second-order valence-corrected chi connectivity index (χ2v) is 6.35. The minimum atomic E-state index is -4.52. The summed E-state index contributed by atoms with van der Waals surface area (Å²) in [5, 5.41) is 17.3. The minimum Gasteiger partial charge on any atom is -0.438 e. The molecule has 0 bridgehead atoms. The van der Waals surface area contributed by atoms with Crippen molar-refractivity contribution < 1.29 is 27.6 Å². The van der Waals surface area contributed by atoms with Gasteiger partial charge in [-0.2, -0.15) is 17.9 Å². The van der Waals surface area contributed by atoms with Crippen molar-refractivity contribution >= 4 is 17.4 Å². The smallest absolute Gasteiger partial charge is 0.416 e. The summed E-state index contributed by atoms with van der Waals surface area (Å²) in [6, 6.07) is 8.96. The molecule has 30 heavy (non-hydrogen) atoms. The first-order valence-corrected chi connectivity index (χ1v) is 8.53. The van der Waals surface area contributed by atoms with Gasteiger partial charge in [0.1, 0.15) is 5.75 Å². The highest BCUT2D eigenvalue weighted by Crippen LogP contribution is 2.32. The first-order chi connectivity index (χ1) is 14.0. The molecule has 1 heterocycles. The van der Waals surface area contributed by atoms with Gasteiger partial charge in [0.25, 0.3) is 5.69 Å². The molecule has 0 saturated carbocycles. The van der Waals surface area contributed by atoms with Gasteiger partial charge in [-0.15, -0.1) is 5.10 Å². The van der Waals surface area contributed by atoms with Crippen molar-refractivity contribution in [1.82, 2.24) is 9.78 Å². The molecule has 0 aliphatic carbocycles. The molecule has 3 aromatic rings. The van der Waals surface area contributed by atoms with Crippen molar-refractivity contribution in [2.24, 2.45) is 0 Å². The lowest BCUT2D eigenvalue weighted by molar-refractivity contribution is -0.384. The standard InChI is InChI=1S/C19H15F3N4O4/c1-11-8-14(26(28)29)6-7-16(11)23-18(27)25-12(2)9-17(24-25)30-15-5-3-4-13(10-15)19(20,21)22/h3-10H,1-2H3,(H,23,27). The minimum absolute atomic E-state index is 0.0672. The maximum atomic E-state index is 12.8. The number of aromatic nitrogens is 2. The molecular formula is C19H15F3N4O4. The molecule has 8 nitrogen and oxygen atoms in total. The van der Waals surface area contributed by atoms with Crippen molar-refractivity contribution in [3.8, 4) is 11.6 Å². The Labute approximate surface area is 168 Å². The predicted octanol–water partition coefficient (Wildman–Crippen LogP) is 5.30. The van der Waals surface area contributed by atoms with Gasteiger partial charge in [0, 0.05) is 23.9 Å². The van der Waals surface area contributed by atoms with Crippen LogP contribution in [0.25, 0.3) is 0 Å². The fourth-order valence-electron chi connectivity index (χ4n) is 2.63. The van der Waals surface area contributed by atoms with Crippen molar-refractivity contribution in [2.45, 2.75) is 20.0 Å². The Morgan fingerprint density at radius 3 is 2.53 bits per heavy atom. The number of ether oxygens (including phenoxy) is 1. The van der Waals surface area contributed by atoms with Gasteiger partial charge in [0.05, 0.1) is 16.2 Å². The molecule has 0 aliphatic rings. The molecular weight excluding hydrogens is 405 g/mol. The van der Waals surface area contributed by atoms with Gasteiger partial charge in [-0.1, -0.05) is 6.07 Å². The Hall–Kier alpha value is -3.89. The van der Waals surface area contributed by atoms with Crippen molar-refractivity contribution in [1.29, 1.82) is 0 Å². The second-order valence-electron chi connectivity index (χ2n) is 6.35. The van der Waals surface area contributed by atoms with Crippen LogP contribution in [0.15, 0.2) is 48.5 Å². The molecule has 0 atom stereocenters. The van der Waals surface area contributed by atoms with Crippen LogP contribution in [-0.2, 0) is 6.18 Å². The molecule has 1 amide bonds. The molecule has 1 N–H and O–H groups in total. The number of nitro benzene ring substituents is 1. The number of anilines is 1. The number of halogens is 3. The van der Waals surface area contributed by atoms with E-state index in [2.05, 4.69) is 10.4 Å². The Morgan fingerprint density at radius 1 is 1.17 bits per heavy atom. The Morgan fingerprint density at radius 2 is 1.90 bits per heavy atom. The number of nitrogens with zero attached hydrogens (tertiary/aromatic N) is 3. The normalized spacial score (nSPS) is 11.2. The third-order valence-corrected chi connectivity index (χ3v) is 4.10. The summed E-state index contributed by atoms with van der Waals surface area (Å²) < 4.78 is 44.8. The molecule has 0 aliphatic heterocycles. The predicted molar refractivity (Wildman–Crippen MR) is 101 cm³/mol. The molecule has 3 rings (SSSR count). The van der Waals surface area contributed by atoms with E-state index in [-0.39, 0.29) is 17.3 Å². The summed E-state index contributed by atoms with van der Waals surface area (Å²) in [7, 11) is 0. The summed E-state index contributed by atoms with van der Waals surface area (Å²) in [6.45, 7) is 3.16. The first kappa shape index (κ1) is 20.8. The first-order valence-electron chi connectivity index (χ1n) is 8.53. The third-order valence-electron chi connectivity index (χ3n) is 4.10. The number of rotatable bonds is 4. The lowest BCUT2D eigenvalue weighted by atomic mass is 10.2. The third kappa shape index (κ3) is 4.57. The van der Waals surface area contributed by atoms with Crippen LogP contribution in [0.4, 0.5) is 29.3 Å². The van der Waals surface area contributed by atoms with Crippen LogP contribution >= 0.6 is 0 Å². The van der Waals surface area contributed by atoms with Crippen LogP contribution in [0.2, 0.25) is 0 Å². The van der Waals surface area contributed by atoms with E-state index in [1.165, 1.54) is 36.4 Å². The average molecular weight is 420 g/mol. The van der Waals surface area contributed by atoms with Crippen LogP contribution in [0.5, 0.6) is 11.6 Å². The summed E-state index contributed by atoms with van der Waals surface area (Å²) in [5.41, 5.74) is 0.206. The van der Waals surface area contributed by atoms with Gasteiger partial charge >= 0.3 is 12.2 Å². The lowest BCUT2D eigenvalue weighted by Crippen LogP contribution is -2.22. The van der Waals surface area contributed by atoms with Gasteiger partial charge in [0.15, 0.2) is 0 Å². The van der Waals surface area contributed by atoms with Crippen LogP contribution in [0.1, 0.15) is 16.8 Å². The van der Waals surface area contributed by atoms with Crippen LogP contribution in [0, 0.1) is 24.0 Å². The number of amides is 1. The SMILES string of the molecule is Cc1cc([N+](=O)[O-])ccc1NC(=O)n1nc(Oc2cccc(C(F)(F)F)c2)cc1C. The van der Waals surface area contributed by atoms with E-state index in [4.69, 9.17) is 4.74 Å². The number of carbonyl (C=O) groups excluding carboxylic acids is 1. The highest BCUT2D eigenvalue weighted by molar-refractivity contribution is 5.91. The Kier molecular flexibility index (Phi) is 5.45. The van der Waals surface area contributed by atoms with Crippen LogP contribution in [0.3, 0.4) is 0 Å². The van der Waals surface area contributed by atoms with E-state index < -0.39 is 22.7 Å². The topological polar surface area (TPSA) is 99.3 Å².